The summed E-state index contributed by atoms with van der Waals surface area (Å²) in [7, 11) is 2.65. The van der Waals surface area contributed by atoms with Gasteiger partial charge in [0.2, 0.25) is 0 Å². The summed E-state index contributed by atoms with van der Waals surface area (Å²) in [6.07, 6.45) is 9.26. The normalized spacial score (nSPS) is 11.8. The van der Waals surface area contributed by atoms with Gasteiger partial charge in [-0.25, -0.2) is 0 Å². The van der Waals surface area contributed by atoms with E-state index in [4.69, 9.17) is 9.47 Å². The Bertz CT molecular complexity index is 475. The van der Waals surface area contributed by atoms with Crippen LogP contribution < -0.4 is 0 Å². The summed E-state index contributed by atoms with van der Waals surface area (Å²) >= 11 is -2.79. The molecule has 0 amide bonds. The third-order valence-corrected chi connectivity index (χ3v) is 21.9. The Morgan fingerprint density at radius 3 is 1.57 bits per heavy atom. The van der Waals surface area contributed by atoms with Crippen LogP contribution in [0.3, 0.4) is 0 Å². The Hall–Kier alpha value is -0.781. The topological polar surface area (TPSA) is 52.6 Å². The summed E-state index contributed by atoms with van der Waals surface area (Å²) < 4.78 is 15.0. The number of allylic oxidation sites excluding steroid dienone is 2. The average molecular weight is 501 g/mol. The van der Waals surface area contributed by atoms with Gasteiger partial charge in [0.25, 0.3) is 0 Å². The molecule has 0 rings (SSSR count). The molecule has 5 heteroatoms. The molecule has 0 heterocycles. The van der Waals surface area contributed by atoms with E-state index in [-0.39, 0.29) is 6.42 Å². The van der Waals surface area contributed by atoms with Gasteiger partial charge in [0.1, 0.15) is 0 Å². The molecular weight excluding hydrogens is 459 g/mol. The van der Waals surface area contributed by atoms with E-state index < -0.39 is 35.7 Å². The van der Waals surface area contributed by atoms with Crippen molar-refractivity contribution in [1.82, 2.24) is 0 Å². The second kappa shape index (κ2) is 14.2. The van der Waals surface area contributed by atoms with Crippen molar-refractivity contribution in [3.63, 3.8) is 0 Å². The fourth-order valence-corrected chi connectivity index (χ4v) is 20.0. The van der Waals surface area contributed by atoms with Crippen LogP contribution in [0.15, 0.2) is 22.8 Å². The third kappa shape index (κ3) is 7.23. The van der Waals surface area contributed by atoms with Gasteiger partial charge in [-0.15, -0.1) is 0 Å². The molecule has 0 aromatic heterocycles. The Morgan fingerprint density at radius 2 is 1.29 bits per heavy atom. The van der Waals surface area contributed by atoms with Gasteiger partial charge in [0.05, 0.1) is 0 Å². The zero-order valence-corrected chi connectivity index (χ0v) is 21.8. The van der Waals surface area contributed by atoms with Crippen molar-refractivity contribution in [1.29, 1.82) is 0 Å². The van der Waals surface area contributed by atoms with Gasteiger partial charge in [0.15, 0.2) is 0 Å². The van der Waals surface area contributed by atoms with Gasteiger partial charge in [-0.2, -0.15) is 0 Å². The van der Waals surface area contributed by atoms with Gasteiger partial charge in [-0.3, -0.25) is 0 Å². The molecule has 0 atom stereocenters. The van der Waals surface area contributed by atoms with E-state index in [1.165, 1.54) is 50.4 Å². The van der Waals surface area contributed by atoms with E-state index in [0.717, 1.165) is 19.3 Å². The van der Waals surface area contributed by atoms with Crippen molar-refractivity contribution in [2.45, 2.75) is 85.4 Å². The number of rotatable bonds is 16. The molecule has 0 N–H and O–H groups in total. The summed E-state index contributed by atoms with van der Waals surface area (Å²) in [5, 5.41) is 0. The molecular formula is C23H42O4Sn. The molecule has 28 heavy (non-hydrogen) atoms. The minimum absolute atomic E-state index is 0.211. The van der Waals surface area contributed by atoms with Crippen LogP contribution >= 0.6 is 0 Å². The van der Waals surface area contributed by atoms with Gasteiger partial charge in [-0.1, -0.05) is 0 Å². The van der Waals surface area contributed by atoms with Crippen molar-refractivity contribution in [3.05, 3.63) is 22.8 Å². The number of unbranched alkanes of at least 4 members (excludes halogenated alkanes) is 3. The number of carbonyl (C=O) groups is 2. The Kier molecular flexibility index (Phi) is 13.8. The zero-order chi connectivity index (χ0) is 21.6. The molecule has 162 valence electrons. The fraction of sp³-hybridized carbons (Fsp3) is 0.739. The Labute approximate surface area is 177 Å². The van der Waals surface area contributed by atoms with Crippen molar-refractivity contribution < 1.29 is 19.1 Å². The maximum absolute atomic E-state index is 12.7. The first-order valence-electron chi connectivity index (χ1n) is 10.8. The first-order chi connectivity index (χ1) is 13.3. The van der Waals surface area contributed by atoms with Gasteiger partial charge in [-0.05, 0) is 0 Å². The molecule has 0 spiro atoms. The number of esters is 2. The Balaban J connectivity index is 6.08. The van der Waals surface area contributed by atoms with E-state index in [9.17, 15) is 9.59 Å². The van der Waals surface area contributed by atoms with Crippen LogP contribution in [0.25, 0.3) is 0 Å². The van der Waals surface area contributed by atoms with Crippen LogP contribution in [0.1, 0.15) is 72.1 Å². The second-order valence-electron chi connectivity index (χ2n) is 7.93. The average Bonchev–Trinajstić information content (AvgIpc) is 2.71. The number of methoxy groups -OCH3 is 2. The molecule has 4 nitrogen and oxygen atoms in total. The number of carbonyl (C=O) groups excluding carboxylic acids is 2. The molecule has 0 aliphatic rings. The van der Waals surface area contributed by atoms with Crippen LogP contribution in [0, 0.1) is 5.41 Å². The fourth-order valence-electron chi connectivity index (χ4n) is 4.11. The molecule has 0 bridgehead atoms. The minimum atomic E-state index is -2.79. The van der Waals surface area contributed by atoms with Crippen LogP contribution in [0.4, 0.5) is 0 Å². The molecule has 0 aliphatic heterocycles. The van der Waals surface area contributed by atoms with Crippen LogP contribution in [-0.4, -0.2) is 44.5 Å². The Morgan fingerprint density at radius 1 is 0.893 bits per heavy atom. The summed E-state index contributed by atoms with van der Waals surface area (Å²) in [6, 6.07) is 0. The summed E-state index contributed by atoms with van der Waals surface area (Å²) in [4.78, 5) is 25.5. The molecule has 0 unspecified atom stereocenters. The molecule has 0 aromatic carbocycles. The predicted molar refractivity (Wildman–Crippen MR) is 120 cm³/mol. The van der Waals surface area contributed by atoms with Gasteiger partial charge < -0.3 is 0 Å². The zero-order valence-electron chi connectivity index (χ0n) is 18.9. The number of hydrogen-bond donors (Lipinski definition) is 0. The van der Waals surface area contributed by atoms with E-state index in [1.54, 1.807) is 6.08 Å². The van der Waals surface area contributed by atoms with Crippen LogP contribution in [-0.2, 0) is 19.1 Å². The molecule has 0 saturated carbocycles. The van der Waals surface area contributed by atoms with Crippen molar-refractivity contribution in [2.75, 3.05) is 14.2 Å². The monoisotopic (exact) mass is 502 g/mol. The van der Waals surface area contributed by atoms with E-state index in [0.29, 0.717) is 6.42 Å². The first kappa shape index (κ1) is 27.2. The third-order valence-electron chi connectivity index (χ3n) is 5.94. The quantitative estimate of drug-likeness (QED) is 0.109. The van der Waals surface area contributed by atoms with E-state index in [2.05, 4.69) is 33.9 Å². The first-order valence-corrected chi connectivity index (χ1v) is 18.3. The van der Waals surface area contributed by atoms with E-state index >= 15 is 0 Å². The van der Waals surface area contributed by atoms with Crippen LogP contribution in [0.5, 0.6) is 0 Å². The predicted octanol–water partition coefficient (Wildman–Crippen LogP) is 6.23. The molecule has 0 aromatic rings. The number of ether oxygens (including phenoxy) is 2. The molecule has 0 fully saturated rings. The van der Waals surface area contributed by atoms with Gasteiger partial charge >= 0.3 is 177 Å². The standard InChI is InChI=1S/C11H15O4.3C4H9.Sn/c1-5-7-11(8-6-2,9(12)14-3)10(13)15-4;3*1-3-4-2;/h5H,1-2,7-8H2,3-4H3;3*1,3-4H2,2H3;. The van der Waals surface area contributed by atoms with Crippen molar-refractivity contribution in [2.24, 2.45) is 5.41 Å². The van der Waals surface area contributed by atoms with Crippen LogP contribution in [0.2, 0.25) is 13.3 Å². The van der Waals surface area contributed by atoms with E-state index in [1.807, 2.05) is 0 Å². The van der Waals surface area contributed by atoms with Gasteiger partial charge in [0, 0.05) is 0 Å². The number of hydrogen-bond acceptors (Lipinski definition) is 4. The SMILES string of the molecule is C=CCC(C[C](=C)[Sn]([CH2]CCC)([CH2]CCC)[CH2]CCC)(C(=O)OC)C(=O)OC. The maximum atomic E-state index is 12.7. The molecule has 0 saturated heterocycles. The second-order valence-corrected chi connectivity index (χ2v) is 21.5. The summed E-state index contributed by atoms with van der Waals surface area (Å²) in [5.74, 6) is -1.08. The van der Waals surface area contributed by atoms with Crippen molar-refractivity contribution in [3.8, 4) is 0 Å². The molecule has 0 aliphatic carbocycles. The molecule has 0 radical (unpaired) electrons. The summed E-state index contributed by atoms with van der Waals surface area (Å²) in [6.45, 7) is 15.0. The summed E-state index contributed by atoms with van der Waals surface area (Å²) in [5.41, 5.74) is -1.35. The van der Waals surface area contributed by atoms with Crippen molar-refractivity contribution >= 4 is 30.3 Å².